The number of ether oxygens (including phenoxy) is 1. The molecule has 0 aromatic carbocycles. The molecule has 1 aliphatic heterocycles. The minimum atomic E-state index is -0.523. The van der Waals surface area contributed by atoms with Crippen molar-refractivity contribution in [1.82, 2.24) is 0 Å². The molecule has 0 amide bonds. The molecule has 3 unspecified atom stereocenters. The van der Waals surface area contributed by atoms with Gasteiger partial charge in [-0.25, -0.2) is 0 Å². The Hall–Kier alpha value is -0.120. The van der Waals surface area contributed by atoms with Crippen LogP contribution in [0.15, 0.2) is 0 Å². The van der Waals surface area contributed by atoms with E-state index in [0.29, 0.717) is 0 Å². The summed E-state index contributed by atoms with van der Waals surface area (Å²) in [7, 11) is 0. The third-order valence-corrected chi connectivity index (χ3v) is 3.11. The van der Waals surface area contributed by atoms with Crippen LogP contribution < -0.4 is 0 Å². The minimum Gasteiger partial charge on any atom is -0.394 e. The van der Waals surface area contributed by atoms with Crippen LogP contribution >= 0.6 is 0 Å². The highest BCUT2D eigenvalue weighted by molar-refractivity contribution is 4.90. The fourth-order valence-electron chi connectivity index (χ4n) is 2.49. The van der Waals surface area contributed by atoms with Gasteiger partial charge in [-0.05, 0) is 25.7 Å². The fourth-order valence-corrected chi connectivity index (χ4v) is 2.49. The van der Waals surface area contributed by atoms with Crippen LogP contribution in [-0.4, -0.2) is 34.6 Å². The fraction of sp³-hybridized carbons (Fsp3) is 1.00. The molecule has 0 aromatic heterocycles. The largest absolute Gasteiger partial charge is 0.394 e. The zero-order valence-corrected chi connectivity index (χ0v) is 9.36. The second-order valence-electron chi connectivity index (χ2n) is 4.71. The predicted octanol–water partition coefficient (Wildman–Crippen LogP) is 1.32. The molecule has 0 saturated carbocycles. The molecular formula is C11H22O3. The molecule has 1 rings (SSSR count). The maximum absolute atomic E-state index is 9.75. The lowest BCUT2D eigenvalue weighted by Crippen LogP contribution is -2.51. The summed E-state index contributed by atoms with van der Waals surface area (Å²) in [6.45, 7) is 6.12. The number of aliphatic hydroxyl groups excluding tert-OH is 2. The average molecular weight is 202 g/mol. The first-order valence-electron chi connectivity index (χ1n) is 5.49. The van der Waals surface area contributed by atoms with Crippen molar-refractivity contribution in [1.29, 1.82) is 0 Å². The van der Waals surface area contributed by atoms with Crippen molar-refractivity contribution in [2.24, 2.45) is 5.92 Å². The molecule has 1 saturated heterocycles. The van der Waals surface area contributed by atoms with Gasteiger partial charge in [-0.3, -0.25) is 0 Å². The number of hydrogen-bond donors (Lipinski definition) is 2. The van der Waals surface area contributed by atoms with E-state index in [2.05, 4.69) is 13.8 Å². The first kappa shape index (κ1) is 12.0. The van der Waals surface area contributed by atoms with Gasteiger partial charge in [0.15, 0.2) is 0 Å². The predicted molar refractivity (Wildman–Crippen MR) is 55.1 cm³/mol. The Morgan fingerprint density at radius 3 is 2.64 bits per heavy atom. The lowest BCUT2D eigenvalue weighted by molar-refractivity contribution is -0.200. The summed E-state index contributed by atoms with van der Waals surface area (Å²) >= 11 is 0. The molecule has 2 N–H and O–H groups in total. The molecule has 4 atom stereocenters. The van der Waals surface area contributed by atoms with Crippen molar-refractivity contribution < 1.29 is 14.9 Å². The third-order valence-electron chi connectivity index (χ3n) is 3.11. The highest BCUT2D eigenvalue weighted by atomic mass is 16.5. The summed E-state index contributed by atoms with van der Waals surface area (Å²) < 4.78 is 5.75. The Labute approximate surface area is 86.1 Å². The normalized spacial score (nSPS) is 43.9. The summed E-state index contributed by atoms with van der Waals surface area (Å²) in [5.74, 6) is 0.206. The molecule has 84 valence electrons. The van der Waals surface area contributed by atoms with E-state index in [1.165, 1.54) is 0 Å². The van der Waals surface area contributed by atoms with Gasteiger partial charge in [-0.2, -0.15) is 0 Å². The highest BCUT2D eigenvalue weighted by Gasteiger charge is 2.41. The van der Waals surface area contributed by atoms with Gasteiger partial charge in [0.25, 0.3) is 0 Å². The van der Waals surface area contributed by atoms with Crippen LogP contribution in [0.1, 0.15) is 40.0 Å². The Kier molecular flexibility index (Phi) is 3.93. The molecule has 0 aliphatic carbocycles. The number of hydrogen-bond acceptors (Lipinski definition) is 3. The van der Waals surface area contributed by atoms with Crippen LogP contribution in [0.2, 0.25) is 0 Å². The molecule has 3 nitrogen and oxygen atoms in total. The zero-order valence-electron chi connectivity index (χ0n) is 9.36. The molecule has 0 bridgehead atoms. The zero-order chi connectivity index (χ0) is 10.8. The molecule has 3 heteroatoms. The van der Waals surface area contributed by atoms with Crippen molar-refractivity contribution in [3.63, 3.8) is 0 Å². The summed E-state index contributed by atoms with van der Waals surface area (Å²) in [5.41, 5.74) is -0.166. The third kappa shape index (κ3) is 2.47. The number of aliphatic hydroxyl groups is 2. The highest BCUT2D eigenvalue weighted by Crippen LogP contribution is 2.35. The molecule has 0 spiro atoms. The van der Waals surface area contributed by atoms with Crippen LogP contribution in [0.3, 0.4) is 0 Å². The Bertz CT molecular complexity index is 183. The van der Waals surface area contributed by atoms with Gasteiger partial charge < -0.3 is 14.9 Å². The van der Waals surface area contributed by atoms with Crippen LogP contribution in [0.4, 0.5) is 0 Å². The van der Waals surface area contributed by atoms with Crippen molar-refractivity contribution >= 4 is 0 Å². The van der Waals surface area contributed by atoms with Gasteiger partial charge in [0.05, 0.1) is 18.3 Å². The quantitative estimate of drug-likeness (QED) is 0.725. The van der Waals surface area contributed by atoms with Gasteiger partial charge in [-0.15, -0.1) is 0 Å². The van der Waals surface area contributed by atoms with Gasteiger partial charge >= 0.3 is 0 Å². The molecule has 1 heterocycles. The van der Waals surface area contributed by atoms with E-state index in [0.717, 1.165) is 19.3 Å². The maximum Gasteiger partial charge on any atom is 0.107 e. The lowest BCUT2D eigenvalue weighted by Gasteiger charge is -2.44. The minimum absolute atomic E-state index is 0.0924. The summed E-state index contributed by atoms with van der Waals surface area (Å²) in [6, 6.07) is 0. The summed E-state index contributed by atoms with van der Waals surface area (Å²) in [6.07, 6.45) is 2.00. The van der Waals surface area contributed by atoms with E-state index in [9.17, 15) is 5.11 Å². The van der Waals surface area contributed by atoms with Crippen molar-refractivity contribution in [3.05, 3.63) is 0 Å². The van der Waals surface area contributed by atoms with Gasteiger partial charge in [0.2, 0.25) is 0 Å². The van der Waals surface area contributed by atoms with Gasteiger partial charge in [-0.1, -0.05) is 20.3 Å². The molecule has 14 heavy (non-hydrogen) atoms. The van der Waals surface area contributed by atoms with Crippen molar-refractivity contribution in [2.45, 2.75) is 57.8 Å². The van der Waals surface area contributed by atoms with Crippen molar-refractivity contribution in [2.75, 3.05) is 6.61 Å². The van der Waals surface area contributed by atoms with E-state index in [1.54, 1.807) is 0 Å². The van der Waals surface area contributed by atoms with E-state index >= 15 is 0 Å². The smallest absolute Gasteiger partial charge is 0.107 e. The maximum atomic E-state index is 9.75. The lowest BCUT2D eigenvalue weighted by atomic mass is 9.81. The van der Waals surface area contributed by atoms with E-state index in [-0.39, 0.29) is 18.1 Å². The van der Waals surface area contributed by atoms with Gasteiger partial charge in [0.1, 0.15) is 6.10 Å². The molecule has 1 fully saturated rings. The molecule has 0 aromatic rings. The Balaban J connectivity index is 2.66. The van der Waals surface area contributed by atoms with Crippen LogP contribution in [-0.2, 0) is 4.74 Å². The summed E-state index contributed by atoms with van der Waals surface area (Å²) in [5, 5.41) is 18.8. The molecular weight excluding hydrogens is 180 g/mol. The molecule has 1 aliphatic rings. The average Bonchev–Trinajstić information content (AvgIpc) is 2.12. The first-order valence-corrected chi connectivity index (χ1v) is 5.49. The van der Waals surface area contributed by atoms with E-state index < -0.39 is 12.2 Å². The van der Waals surface area contributed by atoms with Crippen LogP contribution in [0.5, 0.6) is 0 Å². The van der Waals surface area contributed by atoms with Crippen LogP contribution in [0.25, 0.3) is 0 Å². The monoisotopic (exact) mass is 202 g/mol. The van der Waals surface area contributed by atoms with E-state index in [1.807, 2.05) is 6.92 Å². The second kappa shape index (κ2) is 4.60. The van der Waals surface area contributed by atoms with E-state index in [4.69, 9.17) is 9.84 Å². The second-order valence-corrected chi connectivity index (χ2v) is 4.71. The van der Waals surface area contributed by atoms with Gasteiger partial charge in [0, 0.05) is 0 Å². The Morgan fingerprint density at radius 2 is 2.14 bits per heavy atom. The SMILES string of the molecule is CCC[C@@]1(C)CC(C)C(O)C(CO)O1. The topological polar surface area (TPSA) is 49.7 Å². The first-order chi connectivity index (χ1) is 6.52. The Morgan fingerprint density at radius 1 is 1.50 bits per heavy atom. The van der Waals surface area contributed by atoms with Crippen LogP contribution in [0, 0.1) is 5.92 Å². The summed E-state index contributed by atoms with van der Waals surface area (Å²) in [4.78, 5) is 0. The molecule has 0 radical (unpaired) electrons. The standard InChI is InChI=1S/C11H22O3/c1-4-5-11(3)6-8(2)10(13)9(7-12)14-11/h8-10,12-13H,4-7H2,1-3H3/t8?,9?,10?,11-/m0/s1. The van der Waals surface area contributed by atoms with Crippen molar-refractivity contribution in [3.8, 4) is 0 Å². The number of rotatable bonds is 3.